The molecule has 25 heavy (non-hydrogen) atoms. The molecular formula is C18H22F2N2O3. The summed E-state index contributed by atoms with van der Waals surface area (Å²) in [6, 6.07) is 2.07. The molecule has 1 fully saturated rings. The van der Waals surface area contributed by atoms with Gasteiger partial charge in [-0.3, -0.25) is 9.59 Å². The number of anilines is 1. The number of carbonyl (C=O) groups is 2. The van der Waals surface area contributed by atoms with Gasteiger partial charge in [-0.05, 0) is 32.8 Å². The van der Waals surface area contributed by atoms with Crippen molar-refractivity contribution in [2.75, 3.05) is 18.4 Å². The lowest BCUT2D eigenvalue weighted by Gasteiger charge is -2.30. The molecule has 1 N–H and O–H groups in total. The first-order chi connectivity index (χ1) is 11.8. The summed E-state index contributed by atoms with van der Waals surface area (Å²) in [5.74, 6) is -2.98. The van der Waals surface area contributed by atoms with Crippen LogP contribution in [0.3, 0.4) is 0 Å². The van der Waals surface area contributed by atoms with E-state index in [0.29, 0.717) is 25.9 Å². The van der Waals surface area contributed by atoms with Gasteiger partial charge in [-0.15, -0.1) is 0 Å². The maximum atomic E-state index is 14.0. The number of carbonyl (C=O) groups excluding carboxylic acids is 2. The highest BCUT2D eigenvalue weighted by Gasteiger charge is 2.27. The summed E-state index contributed by atoms with van der Waals surface area (Å²) in [6.07, 6.45) is 1.86. The number of hydrogen-bond acceptors (Lipinski definition) is 3. The van der Waals surface area contributed by atoms with Crippen molar-refractivity contribution >= 4 is 17.5 Å². The Kier molecular flexibility index (Phi) is 6.12. The fourth-order valence-electron chi connectivity index (χ4n) is 2.72. The Morgan fingerprint density at radius 1 is 1.28 bits per heavy atom. The molecule has 0 radical (unpaired) electrons. The number of halogens is 2. The highest BCUT2D eigenvalue weighted by Crippen LogP contribution is 2.27. The van der Waals surface area contributed by atoms with Crippen LogP contribution in [-0.2, 0) is 9.59 Å². The summed E-state index contributed by atoms with van der Waals surface area (Å²) in [5, 5.41) is 2.53. The standard InChI is InChI=1S/C18H22F2N2O3/c1-4-16(23)22-7-5-12(6-8-22)18(24)21-13-9-14(19)17(15(20)10-13)25-11(2)3/h4,9-12H,1,5-8H2,2-3H3,(H,21,24). The van der Waals surface area contributed by atoms with Crippen molar-refractivity contribution in [1.29, 1.82) is 0 Å². The first kappa shape index (κ1) is 18.9. The van der Waals surface area contributed by atoms with Crippen LogP contribution in [0, 0.1) is 17.6 Å². The van der Waals surface area contributed by atoms with Gasteiger partial charge >= 0.3 is 0 Å². The third-order valence-corrected chi connectivity index (χ3v) is 3.97. The molecule has 0 atom stereocenters. The molecule has 2 amide bonds. The van der Waals surface area contributed by atoms with Gasteiger partial charge in [0.2, 0.25) is 11.8 Å². The van der Waals surface area contributed by atoms with Gasteiger partial charge in [0.1, 0.15) is 0 Å². The number of likely N-dealkylation sites (tertiary alicyclic amines) is 1. The van der Waals surface area contributed by atoms with Gasteiger partial charge in [-0.1, -0.05) is 6.58 Å². The summed E-state index contributed by atoms with van der Waals surface area (Å²) in [6.45, 7) is 7.67. The summed E-state index contributed by atoms with van der Waals surface area (Å²) in [7, 11) is 0. The second-order valence-corrected chi connectivity index (χ2v) is 6.23. The van der Waals surface area contributed by atoms with E-state index in [0.717, 1.165) is 12.1 Å². The van der Waals surface area contributed by atoms with Crippen LogP contribution >= 0.6 is 0 Å². The molecule has 1 aliphatic heterocycles. The predicted molar refractivity (Wildman–Crippen MR) is 90.3 cm³/mol. The molecule has 0 aromatic heterocycles. The molecule has 0 saturated carbocycles. The number of rotatable bonds is 5. The Hall–Kier alpha value is -2.44. The summed E-state index contributed by atoms with van der Waals surface area (Å²) in [4.78, 5) is 25.4. The Bertz CT molecular complexity index is 645. The Morgan fingerprint density at radius 3 is 2.32 bits per heavy atom. The number of hydrogen-bond donors (Lipinski definition) is 1. The van der Waals surface area contributed by atoms with Crippen LogP contribution in [0.1, 0.15) is 26.7 Å². The average Bonchev–Trinajstić information content (AvgIpc) is 2.57. The molecule has 1 saturated heterocycles. The predicted octanol–water partition coefficient (Wildman–Crippen LogP) is 3.12. The van der Waals surface area contributed by atoms with E-state index in [1.807, 2.05) is 0 Å². The number of nitrogens with zero attached hydrogens (tertiary/aromatic N) is 1. The van der Waals surface area contributed by atoms with Crippen molar-refractivity contribution in [3.63, 3.8) is 0 Å². The number of nitrogens with one attached hydrogen (secondary N) is 1. The zero-order valence-electron chi connectivity index (χ0n) is 14.4. The normalized spacial score (nSPS) is 15.2. The topological polar surface area (TPSA) is 58.6 Å². The van der Waals surface area contributed by atoms with Crippen LogP contribution in [0.5, 0.6) is 5.75 Å². The average molecular weight is 352 g/mol. The van der Waals surface area contributed by atoms with Crippen molar-refractivity contribution in [1.82, 2.24) is 4.90 Å². The van der Waals surface area contributed by atoms with E-state index >= 15 is 0 Å². The smallest absolute Gasteiger partial charge is 0.245 e. The number of ether oxygens (including phenoxy) is 1. The van der Waals surface area contributed by atoms with Crippen LogP contribution in [0.2, 0.25) is 0 Å². The summed E-state index contributed by atoms with van der Waals surface area (Å²) in [5.41, 5.74) is 0.0423. The maximum Gasteiger partial charge on any atom is 0.245 e. The number of amides is 2. The van der Waals surface area contributed by atoms with Crippen LogP contribution < -0.4 is 10.1 Å². The van der Waals surface area contributed by atoms with Crippen molar-refractivity contribution in [2.45, 2.75) is 32.8 Å². The third kappa shape index (κ3) is 4.78. The molecule has 136 valence electrons. The Morgan fingerprint density at radius 2 is 1.84 bits per heavy atom. The van der Waals surface area contributed by atoms with Gasteiger partial charge in [0, 0.05) is 36.8 Å². The molecule has 1 aromatic rings. The lowest BCUT2D eigenvalue weighted by molar-refractivity contribution is -0.130. The van der Waals surface area contributed by atoms with Crippen LogP contribution in [0.15, 0.2) is 24.8 Å². The van der Waals surface area contributed by atoms with E-state index < -0.39 is 17.4 Å². The minimum Gasteiger partial charge on any atom is -0.485 e. The third-order valence-electron chi connectivity index (χ3n) is 3.97. The van der Waals surface area contributed by atoms with Gasteiger partial charge < -0.3 is 15.0 Å². The second-order valence-electron chi connectivity index (χ2n) is 6.23. The maximum absolute atomic E-state index is 14.0. The minimum atomic E-state index is -0.865. The zero-order chi connectivity index (χ0) is 18.6. The van der Waals surface area contributed by atoms with E-state index in [4.69, 9.17) is 4.74 Å². The minimum absolute atomic E-state index is 0.0423. The van der Waals surface area contributed by atoms with E-state index in [2.05, 4.69) is 11.9 Å². The lowest BCUT2D eigenvalue weighted by Crippen LogP contribution is -2.40. The molecule has 0 aliphatic carbocycles. The molecule has 1 aromatic carbocycles. The Balaban J connectivity index is 1.99. The zero-order valence-corrected chi connectivity index (χ0v) is 14.4. The van der Waals surface area contributed by atoms with Crippen molar-refractivity contribution in [3.05, 3.63) is 36.4 Å². The van der Waals surface area contributed by atoms with Gasteiger partial charge in [0.15, 0.2) is 17.4 Å². The summed E-state index contributed by atoms with van der Waals surface area (Å²) < 4.78 is 33.0. The van der Waals surface area contributed by atoms with Gasteiger partial charge in [-0.25, -0.2) is 8.78 Å². The van der Waals surface area contributed by atoms with Gasteiger partial charge in [0.25, 0.3) is 0 Å². The molecule has 7 heteroatoms. The lowest BCUT2D eigenvalue weighted by atomic mass is 9.95. The molecule has 2 rings (SSSR count). The summed E-state index contributed by atoms with van der Waals surface area (Å²) >= 11 is 0. The van der Waals surface area contributed by atoms with Crippen LogP contribution in [0.25, 0.3) is 0 Å². The fourth-order valence-corrected chi connectivity index (χ4v) is 2.72. The van der Waals surface area contributed by atoms with Gasteiger partial charge in [0.05, 0.1) is 6.10 Å². The Labute approximate surface area is 145 Å². The van der Waals surface area contributed by atoms with Crippen molar-refractivity contribution in [3.8, 4) is 5.75 Å². The molecule has 0 spiro atoms. The number of piperidine rings is 1. The number of benzene rings is 1. The fraction of sp³-hybridized carbons (Fsp3) is 0.444. The van der Waals surface area contributed by atoms with Gasteiger partial charge in [-0.2, -0.15) is 0 Å². The molecule has 0 unspecified atom stereocenters. The first-order valence-electron chi connectivity index (χ1n) is 8.19. The molecule has 0 bridgehead atoms. The largest absolute Gasteiger partial charge is 0.485 e. The van der Waals surface area contributed by atoms with E-state index in [1.165, 1.54) is 6.08 Å². The SMILES string of the molecule is C=CC(=O)N1CCC(C(=O)Nc2cc(F)c(OC(C)C)c(F)c2)CC1. The van der Waals surface area contributed by atoms with Crippen molar-refractivity contribution in [2.24, 2.45) is 5.92 Å². The molecular weight excluding hydrogens is 330 g/mol. The van der Waals surface area contributed by atoms with E-state index in [9.17, 15) is 18.4 Å². The van der Waals surface area contributed by atoms with E-state index in [1.54, 1.807) is 18.7 Å². The highest BCUT2D eigenvalue weighted by atomic mass is 19.1. The monoisotopic (exact) mass is 352 g/mol. The van der Waals surface area contributed by atoms with Crippen LogP contribution in [-0.4, -0.2) is 35.9 Å². The molecule has 1 heterocycles. The van der Waals surface area contributed by atoms with Crippen molar-refractivity contribution < 1.29 is 23.1 Å². The molecule has 5 nitrogen and oxygen atoms in total. The second kappa shape index (κ2) is 8.09. The molecule has 1 aliphatic rings. The first-order valence-corrected chi connectivity index (χ1v) is 8.19. The van der Waals surface area contributed by atoms with E-state index in [-0.39, 0.29) is 29.5 Å². The highest BCUT2D eigenvalue weighted by molar-refractivity contribution is 5.93. The quantitative estimate of drug-likeness (QED) is 0.829. The van der Waals surface area contributed by atoms with Crippen LogP contribution in [0.4, 0.5) is 14.5 Å².